The van der Waals surface area contributed by atoms with Crippen molar-refractivity contribution >= 4 is 0 Å². The van der Waals surface area contributed by atoms with Crippen molar-refractivity contribution in [3.8, 4) is 0 Å². The largest absolute Gasteiger partial charge is 0.389 e. The van der Waals surface area contributed by atoms with E-state index in [-0.39, 0.29) is 12.4 Å². The first kappa shape index (κ1) is 13.8. The first-order valence-corrected chi connectivity index (χ1v) is 7.70. The fourth-order valence-electron chi connectivity index (χ4n) is 3.90. The van der Waals surface area contributed by atoms with Gasteiger partial charge < -0.3 is 9.84 Å². The highest BCUT2D eigenvalue weighted by molar-refractivity contribution is 4.92. The lowest BCUT2D eigenvalue weighted by Gasteiger charge is -2.40. The average Bonchev–Trinajstić information content (AvgIpc) is 2.85. The lowest BCUT2D eigenvalue weighted by molar-refractivity contribution is -0.0238. The van der Waals surface area contributed by atoms with Crippen molar-refractivity contribution in [3.05, 3.63) is 0 Å². The Morgan fingerprint density at radius 3 is 3.11 bits per heavy atom. The maximum absolute atomic E-state index is 10.7. The summed E-state index contributed by atoms with van der Waals surface area (Å²) in [5.74, 6) is 1.11. The first-order valence-electron chi connectivity index (χ1n) is 7.70. The first-order chi connectivity index (χ1) is 9.16. The van der Waals surface area contributed by atoms with E-state index in [0.717, 1.165) is 39.0 Å². The molecule has 5 heteroatoms. The van der Waals surface area contributed by atoms with Crippen LogP contribution in [0.3, 0.4) is 0 Å². The van der Waals surface area contributed by atoms with Crippen LogP contribution in [0.25, 0.3) is 0 Å². The second kappa shape index (κ2) is 5.66. The Bertz CT molecular complexity index is 315. The van der Waals surface area contributed by atoms with E-state index in [9.17, 15) is 5.11 Å². The minimum atomic E-state index is -0.515. The highest BCUT2D eigenvalue weighted by Gasteiger charge is 2.39. The molecule has 3 rings (SSSR count). The van der Waals surface area contributed by atoms with Crippen LogP contribution in [0.2, 0.25) is 0 Å². The molecule has 0 bridgehead atoms. The van der Waals surface area contributed by atoms with Crippen LogP contribution in [-0.2, 0) is 4.74 Å². The lowest BCUT2D eigenvalue weighted by Crippen LogP contribution is -2.63. The lowest BCUT2D eigenvalue weighted by atomic mass is 9.79. The van der Waals surface area contributed by atoms with E-state index >= 15 is 0 Å². The predicted molar refractivity (Wildman–Crippen MR) is 73.4 cm³/mol. The van der Waals surface area contributed by atoms with Crippen molar-refractivity contribution in [3.63, 3.8) is 0 Å². The molecule has 5 atom stereocenters. The maximum atomic E-state index is 10.7. The third-order valence-corrected chi connectivity index (χ3v) is 4.91. The summed E-state index contributed by atoms with van der Waals surface area (Å²) < 4.78 is 5.67. The summed E-state index contributed by atoms with van der Waals surface area (Å²) in [4.78, 5) is 0. The smallest absolute Gasteiger partial charge is 0.114 e. The van der Waals surface area contributed by atoms with Gasteiger partial charge in [-0.3, -0.25) is 16.0 Å². The zero-order valence-corrected chi connectivity index (χ0v) is 11.8. The van der Waals surface area contributed by atoms with Gasteiger partial charge in [-0.1, -0.05) is 19.8 Å². The molecule has 5 unspecified atom stereocenters. The molecule has 1 aliphatic carbocycles. The Labute approximate surface area is 115 Å². The number of aliphatic hydroxyl groups is 1. The molecule has 0 aromatic rings. The summed E-state index contributed by atoms with van der Waals surface area (Å²) >= 11 is 0. The van der Waals surface area contributed by atoms with E-state index < -0.39 is 5.60 Å². The van der Waals surface area contributed by atoms with Crippen LogP contribution < -0.4 is 16.0 Å². The van der Waals surface area contributed by atoms with Gasteiger partial charge in [0.2, 0.25) is 0 Å². The highest BCUT2D eigenvalue weighted by atomic mass is 16.5. The van der Waals surface area contributed by atoms with E-state index in [1.807, 2.05) is 0 Å². The summed E-state index contributed by atoms with van der Waals surface area (Å²) in [5.41, 5.74) is -0.515. The molecular weight excluding hydrogens is 242 g/mol. The van der Waals surface area contributed by atoms with Gasteiger partial charge in [0.15, 0.2) is 0 Å². The third kappa shape index (κ3) is 3.11. The van der Waals surface area contributed by atoms with Crippen LogP contribution in [-0.4, -0.2) is 42.9 Å². The van der Waals surface area contributed by atoms with Crippen molar-refractivity contribution in [1.82, 2.24) is 16.0 Å². The van der Waals surface area contributed by atoms with Crippen LogP contribution in [0.5, 0.6) is 0 Å². The second-order valence-electron chi connectivity index (χ2n) is 6.61. The monoisotopic (exact) mass is 269 g/mol. The van der Waals surface area contributed by atoms with Crippen molar-refractivity contribution in [2.75, 3.05) is 19.8 Å². The Morgan fingerprint density at radius 1 is 1.37 bits per heavy atom. The molecule has 110 valence electrons. The Hall–Kier alpha value is -0.200. The molecule has 0 aromatic carbocycles. The fourth-order valence-corrected chi connectivity index (χ4v) is 3.90. The van der Waals surface area contributed by atoms with Gasteiger partial charge in [0.1, 0.15) is 6.23 Å². The number of fused-ring (bicyclic) bond motifs is 1. The van der Waals surface area contributed by atoms with E-state index in [1.165, 1.54) is 6.42 Å². The molecule has 0 aromatic heterocycles. The molecule has 2 saturated heterocycles. The zero-order chi connectivity index (χ0) is 13.3. The molecule has 19 heavy (non-hydrogen) atoms. The zero-order valence-electron chi connectivity index (χ0n) is 11.8. The van der Waals surface area contributed by atoms with Crippen molar-refractivity contribution in [2.24, 2.45) is 11.8 Å². The van der Waals surface area contributed by atoms with Gasteiger partial charge in [0.25, 0.3) is 0 Å². The van der Waals surface area contributed by atoms with Crippen LogP contribution in [0, 0.1) is 11.8 Å². The van der Waals surface area contributed by atoms with E-state index in [1.54, 1.807) is 0 Å². The third-order valence-electron chi connectivity index (χ3n) is 4.91. The number of hydrogen-bond acceptors (Lipinski definition) is 5. The van der Waals surface area contributed by atoms with Crippen LogP contribution >= 0.6 is 0 Å². The number of ether oxygens (including phenoxy) is 1. The summed E-state index contributed by atoms with van der Waals surface area (Å²) in [6.45, 7) is 4.54. The minimum Gasteiger partial charge on any atom is -0.389 e. The summed E-state index contributed by atoms with van der Waals surface area (Å²) in [7, 11) is 0. The quantitative estimate of drug-likeness (QED) is 0.596. The molecule has 3 fully saturated rings. The minimum absolute atomic E-state index is 0.179. The van der Waals surface area contributed by atoms with Gasteiger partial charge in [-0.15, -0.1) is 0 Å². The van der Waals surface area contributed by atoms with Crippen LogP contribution in [0.15, 0.2) is 0 Å². The summed E-state index contributed by atoms with van der Waals surface area (Å²) in [6.07, 6.45) is 5.78. The van der Waals surface area contributed by atoms with Gasteiger partial charge >= 0.3 is 0 Å². The topological polar surface area (TPSA) is 65.5 Å². The van der Waals surface area contributed by atoms with Gasteiger partial charge in [-0.25, -0.2) is 0 Å². The van der Waals surface area contributed by atoms with Crippen molar-refractivity contribution < 1.29 is 9.84 Å². The highest BCUT2D eigenvalue weighted by Crippen LogP contribution is 2.32. The standard InChI is InChI=1S/C14H27N3O2/c1-10-3-2-5-14(18,7-10)8-15-12-11-4-6-19-13(11)17-9-16-12/h10-13,15-18H,2-9H2,1H3. The molecule has 4 N–H and O–H groups in total. The molecule has 3 aliphatic rings. The van der Waals surface area contributed by atoms with Gasteiger partial charge in [0, 0.05) is 25.7 Å². The average molecular weight is 269 g/mol. The van der Waals surface area contributed by atoms with E-state index in [0.29, 0.717) is 18.4 Å². The molecular formula is C14H27N3O2. The SMILES string of the molecule is CC1CCCC(O)(CNC2NCNC3OCCC23)C1. The Balaban J connectivity index is 1.53. The normalized spacial score (nSPS) is 47.1. The fraction of sp³-hybridized carbons (Fsp3) is 1.00. The number of hydrogen-bond donors (Lipinski definition) is 4. The van der Waals surface area contributed by atoms with Gasteiger partial charge in [-0.2, -0.15) is 0 Å². The molecule has 0 spiro atoms. The number of rotatable bonds is 3. The molecule has 2 aliphatic heterocycles. The molecule has 2 heterocycles. The second-order valence-corrected chi connectivity index (χ2v) is 6.61. The summed E-state index contributed by atoms with van der Waals surface area (Å²) in [6, 6.07) is 0. The van der Waals surface area contributed by atoms with Crippen molar-refractivity contribution in [2.45, 2.75) is 57.0 Å². The van der Waals surface area contributed by atoms with E-state index in [4.69, 9.17) is 4.74 Å². The Kier molecular flexibility index (Phi) is 4.10. The van der Waals surface area contributed by atoms with Crippen LogP contribution in [0.1, 0.15) is 39.0 Å². The molecule has 0 radical (unpaired) electrons. The Morgan fingerprint density at radius 2 is 2.26 bits per heavy atom. The maximum Gasteiger partial charge on any atom is 0.114 e. The van der Waals surface area contributed by atoms with Crippen LogP contribution in [0.4, 0.5) is 0 Å². The van der Waals surface area contributed by atoms with Gasteiger partial charge in [0.05, 0.1) is 11.8 Å². The molecule has 1 saturated carbocycles. The molecule has 5 nitrogen and oxygen atoms in total. The summed E-state index contributed by atoms with van der Waals surface area (Å²) in [5, 5.41) is 21.0. The van der Waals surface area contributed by atoms with Crippen molar-refractivity contribution in [1.29, 1.82) is 0 Å². The van der Waals surface area contributed by atoms with Gasteiger partial charge in [-0.05, 0) is 25.2 Å². The number of nitrogens with one attached hydrogen (secondary N) is 3. The van der Waals surface area contributed by atoms with E-state index in [2.05, 4.69) is 22.9 Å². The predicted octanol–water partition coefficient (Wildman–Crippen LogP) is 0.356. The molecule has 0 amide bonds.